The van der Waals surface area contributed by atoms with Crippen LogP contribution < -0.4 is 5.56 Å². The van der Waals surface area contributed by atoms with Gasteiger partial charge in [0.2, 0.25) is 0 Å². The Morgan fingerprint density at radius 1 is 0.923 bits per heavy atom. The van der Waals surface area contributed by atoms with E-state index in [1.165, 1.54) is 12.4 Å². The number of H-pyrrole nitrogens is 1. The number of hydrogen-bond acceptors (Lipinski definition) is 4. The van der Waals surface area contributed by atoms with Gasteiger partial charge in [0.05, 0.1) is 29.1 Å². The van der Waals surface area contributed by atoms with E-state index in [-0.39, 0.29) is 11.3 Å². The molecule has 1 N–H and O–H groups in total. The van der Waals surface area contributed by atoms with Gasteiger partial charge in [0.15, 0.2) is 5.78 Å². The monoisotopic (exact) mass is 603 g/mol. The van der Waals surface area contributed by atoms with Crippen molar-refractivity contribution < 1.29 is 4.79 Å². The van der Waals surface area contributed by atoms with Gasteiger partial charge in [0.1, 0.15) is 0 Å². The number of nitrogens with one attached hydrogen (secondary N) is 1. The lowest BCUT2D eigenvalue weighted by molar-refractivity contribution is -0.112. The zero-order valence-electron chi connectivity index (χ0n) is 12.9. The van der Waals surface area contributed by atoms with Gasteiger partial charge in [-0.2, -0.15) is 0 Å². The van der Waals surface area contributed by atoms with Crippen LogP contribution in [0.4, 0.5) is 5.69 Å². The minimum atomic E-state index is -0.199. The van der Waals surface area contributed by atoms with Crippen molar-refractivity contribution >= 4 is 92.4 Å². The van der Waals surface area contributed by atoms with Crippen LogP contribution in [0.15, 0.2) is 58.1 Å². The molecule has 0 atom stereocenters. The molecular formula is C17H9Br4N3O2. The Hall–Kier alpha value is -1.16. The summed E-state index contributed by atoms with van der Waals surface area (Å²) in [6.07, 6.45) is 3.08. The first-order valence-corrected chi connectivity index (χ1v) is 10.4. The molecule has 26 heavy (non-hydrogen) atoms. The van der Waals surface area contributed by atoms with Gasteiger partial charge in [-0.1, -0.05) is 31.9 Å². The third-order valence-corrected chi connectivity index (χ3v) is 5.56. The number of ketones is 1. The SMILES string of the molecule is O=C1C=Nc2c(Br)cc(Br)cc2C1.O=c1cnc2cc(Br)cc(Br)c2[nH]1. The average Bonchev–Trinajstić information content (AvgIpc) is 2.55. The van der Waals surface area contributed by atoms with Gasteiger partial charge in [0, 0.05) is 24.3 Å². The maximum atomic E-state index is 11.1. The van der Waals surface area contributed by atoms with Crippen LogP contribution in [0.2, 0.25) is 0 Å². The van der Waals surface area contributed by atoms with Crippen molar-refractivity contribution in [2.45, 2.75) is 6.42 Å². The zero-order valence-corrected chi connectivity index (χ0v) is 19.2. The number of aliphatic imine (C=N–C) groups is 1. The zero-order chi connectivity index (χ0) is 18.8. The van der Waals surface area contributed by atoms with Gasteiger partial charge in [-0.25, -0.2) is 4.98 Å². The van der Waals surface area contributed by atoms with Crippen molar-refractivity contribution in [3.8, 4) is 0 Å². The van der Waals surface area contributed by atoms with E-state index in [0.29, 0.717) is 6.42 Å². The van der Waals surface area contributed by atoms with E-state index in [9.17, 15) is 9.59 Å². The first kappa shape index (κ1) is 19.6. The Bertz CT molecular complexity index is 1110. The fourth-order valence-corrected chi connectivity index (χ4v) is 5.06. The number of fused-ring (bicyclic) bond motifs is 2. The second-order valence-electron chi connectivity index (χ2n) is 5.33. The molecule has 2 aromatic carbocycles. The molecule has 0 spiro atoms. The summed E-state index contributed by atoms with van der Waals surface area (Å²) in [5, 5.41) is 0. The highest BCUT2D eigenvalue weighted by Crippen LogP contribution is 2.34. The largest absolute Gasteiger partial charge is 0.318 e. The Kier molecular flexibility index (Phi) is 6.21. The summed E-state index contributed by atoms with van der Waals surface area (Å²) in [5.41, 5.74) is 3.10. The molecule has 5 nitrogen and oxygen atoms in total. The van der Waals surface area contributed by atoms with Crippen LogP contribution in [0, 0.1) is 0 Å². The number of rotatable bonds is 0. The maximum Gasteiger partial charge on any atom is 0.266 e. The molecule has 0 bridgehead atoms. The van der Waals surface area contributed by atoms with E-state index in [0.717, 1.165) is 40.2 Å². The van der Waals surface area contributed by atoms with E-state index in [4.69, 9.17) is 0 Å². The van der Waals surface area contributed by atoms with Crippen molar-refractivity contribution in [3.05, 3.63) is 64.3 Å². The van der Waals surface area contributed by atoms with Crippen molar-refractivity contribution in [1.29, 1.82) is 0 Å². The van der Waals surface area contributed by atoms with Gasteiger partial charge in [-0.05, 0) is 61.7 Å². The molecule has 0 radical (unpaired) electrons. The second kappa shape index (κ2) is 8.24. The maximum absolute atomic E-state index is 11.1. The standard InChI is InChI=1S/C9H5Br2NO.C8H4Br2N2O/c10-6-1-5-2-7(13)4-12-9(5)8(11)3-6;9-4-1-5(10)8-6(2-4)11-3-7(13)12-8/h1,3-4H,2H2;1-3H,(H,12,13). The number of carbonyl (C=O) groups excluding carboxylic acids is 1. The number of benzene rings is 2. The van der Waals surface area contributed by atoms with Crippen LogP contribution >= 0.6 is 63.7 Å². The summed E-state index contributed by atoms with van der Waals surface area (Å²) in [6, 6.07) is 7.55. The molecule has 0 unspecified atom stereocenters. The molecule has 0 aliphatic carbocycles. The van der Waals surface area contributed by atoms with Crippen LogP contribution in [0.5, 0.6) is 0 Å². The number of carbonyl (C=O) groups is 1. The van der Waals surface area contributed by atoms with E-state index in [1.54, 1.807) is 0 Å². The predicted molar refractivity (Wildman–Crippen MR) is 116 cm³/mol. The van der Waals surface area contributed by atoms with Crippen molar-refractivity contribution in [2.24, 2.45) is 4.99 Å². The fourth-order valence-electron chi connectivity index (χ4n) is 2.34. The Balaban J connectivity index is 0.000000151. The lowest BCUT2D eigenvalue weighted by Crippen LogP contribution is -2.08. The van der Waals surface area contributed by atoms with Gasteiger partial charge < -0.3 is 4.98 Å². The number of aromatic amines is 1. The normalized spacial score (nSPS) is 12.5. The second-order valence-corrected chi connectivity index (χ2v) is 8.87. The van der Waals surface area contributed by atoms with Crippen LogP contribution in [0.1, 0.15) is 5.56 Å². The summed E-state index contributed by atoms with van der Waals surface area (Å²) in [5.74, 6) is 0.0532. The highest BCUT2D eigenvalue weighted by atomic mass is 79.9. The Labute approximate surface area is 181 Å². The molecule has 1 aromatic heterocycles. The quantitative estimate of drug-likeness (QED) is 0.368. The number of Topliss-reactive ketones (excluding diaryl/α,β-unsaturated/α-hetero) is 1. The minimum Gasteiger partial charge on any atom is -0.318 e. The molecule has 0 amide bonds. The number of nitrogens with zero attached hydrogens (tertiary/aromatic N) is 2. The van der Waals surface area contributed by atoms with E-state index in [1.807, 2.05) is 24.3 Å². The topological polar surface area (TPSA) is 75.2 Å². The van der Waals surface area contributed by atoms with Crippen LogP contribution in [-0.4, -0.2) is 22.0 Å². The molecule has 4 rings (SSSR count). The van der Waals surface area contributed by atoms with Gasteiger partial charge >= 0.3 is 0 Å². The molecule has 1 aliphatic rings. The first-order valence-electron chi connectivity index (χ1n) is 7.22. The first-order chi connectivity index (χ1) is 12.3. The Morgan fingerprint density at radius 3 is 2.38 bits per heavy atom. The molecule has 0 fully saturated rings. The smallest absolute Gasteiger partial charge is 0.266 e. The van der Waals surface area contributed by atoms with E-state index in [2.05, 4.69) is 78.7 Å². The highest BCUT2D eigenvalue weighted by Gasteiger charge is 2.14. The number of hydrogen-bond donors (Lipinski definition) is 1. The van der Waals surface area contributed by atoms with Crippen molar-refractivity contribution in [2.75, 3.05) is 0 Å². The third-order valence-electron chi connectivity index (χ3n) is 3.41. The fraction of sp³-hybridized carbons (Fsp3) is 0.0588. The molecule has 1 aliphatic heterocycles. The molecule has 2 heterocycles. The molecular weight excluding hydrogens is 598 g/mol. The summed E-state index contributed by atoms with van der Waals surface area (Å²) >= 11 is 13.4. The van der Waals surface area contributed by atoms with Crippen LogP contribution in [0.25, 0.3) is 11.0 Å². The van der Waals surface area contributed by atoms with E-state index >= 15 is 0 Å². The van der Waals surface area contributed by atoms with Crippen molar-refractivity contribution in [1.82, 2.24) is 9.97 Å². The molecule has 0 saturated carbocycles. The van der Waals surface area contributed by atoms with Crippen LogP contribution in [0.3, 0.4) is 0 Å². The summed E-state index contributed by atoms with van der Waals surface area (Å²) in [6.45, 7) is 0. The van der Waals surface area contributed by atoms with Gasteiger partial charge in [0.25, 0.3) is 5.56 Å². The summed E-state index contributed by atoms with van der Waals surface area (Å²) in [7, 11) is 0. The van der Waals surface area contributed by atoms with Crippen molar-refractivity contribution in [3.63, 3.8) is 0 Å². The van der Waals surface area contributed by atoms with Gasteiger partial charge in [-0.3, -0.25) is 14.6 Å². The number of aromatic nitrogens is 2. The minimum absolute atomic E-state index is 0.0532. The molecule has 0 saturated heterocycles. The third kappa shape index (κ3) is 4.57. The lowest BCUT2D eigenvalue weighted by atomic mass is 10.1. The molecule has 132 valence electrons. The predicted octanol–water partition coefficient (Wildman–Crippen LogP) is 5.49. The molecule has 3 aromatic rings. The lowest BCUT2D eigenvalue weighted by Gasteiger charge is -2.10. The summed E-state index contributed by atoms with van der Waals surface area (Å²) in [4.78, 5) is 32.8. The average molecular weight is 607 g/mol. The van der Waals surface area contributed by atoms with Gasteiger partial charge in [-0.15, -0.1) is 0 Å². The van der Waals surface area contributed by atoms with Crippen LogP contribution in [-0.2, 0) is 11.2 Å². The van der Waals surface area contributed by atoms with E-state index < -0.39 is 0 Å². The molecule has 9 heteroatoms. The highest BCUT2D eigenvalue weighted by molar-refractivity contribution is 9.11. The number of halogens is 4. The Morgan fingerprint density at radius 2 is 1.62 bits per heavy atom. The summed E-state index contributed by atoms with van der Waals surface area (Å²) < 4.78 is 3.62.